The van der Waals surface area contributed by atoms with Crippen LogP contribution in [-0.4, -0.2) is 0 Å². The molecule has 0 heterocycles. The van der Waals surface area contributed by atoms with Crippen molar-refractivity contribution < 1.29 is 50.7 Å². The van der Waals surface area contributed by atoms with Gasteiger partial charge in [0.05, 0.1) is 65.0 Å². The molecule has 0 fully saturated rings. The van der Waals surface area contributed by atoms with E-state index < -0.39 is 307 Å². The van der Waals surface area contributed by atoms with Crippen LogP contribution >= 0.6 is 0 Å². The normalized spacial score (nSPS) is 24.9. The molecule has 0 saturated heterocycles. The van der Waals surface area contributed by atoms with Crippen molar-refractivity contribution in [2.75, 3.05) is 4.90 Å². The van der Waals surface area contributed by atoms with Gasteiger partial charge in [-0.2, -0.15) is 0 Å². The van der Waals surface area contributed by atoms with Crippen molar-refractivity contribution in [3.63, 3.8) is 0 Å². The molecule has 0 radical (unpaired) electrons. The number of hydrogen-bond acceptors (Lipinski definition) is 1. The molecule has 0 atom stereocenters. The molecule has 8 aromatic carbocycles. The first-order valence-corrected chi connectivity index (χ1v) is 15.7. The maximum Gasteiger partial charge on any atom is 0.0726 e. The summed E-state index contributed by atoms with van der Waals surface area (Å²) in [5.74, 6) is 0. The van der Waals surface area contributed by atoms with Crippen LogP contribution in [0.4, 0.5) is 17.1 Å². The van der Waals surface area contributed by atoms with Crippen molar-refractivity contribution in [1.82, 2.24) is 0 Å². The zero-order chi connectivity index (χ0) is 67.3. The molecule has 0 saturated carbocycles. The standard InChI is InChI=1S/C52H37N/c1-51(2)40-25-11-8-23-38(40)49-44(51)29-16-32-47(49)53(46-31-15-10-20-35(46)34-18-4-3-5-19-34)48-33-17-30-45-50(48)39-24-9-14-28-43(39)52(45)41-26-12-6-21-36(41)37-22-7-13-27-42(37)52/h3-33H,1-2H3/i1D3,2D3,3D,4D,5D,6D,7D,8D,9D,10D,11D,12D,13D,14D,15D,16D,17D,18D,19D,20D,21D,22D,23D,24D,25D,26D,27D,28D,29D,30D,31D,32D,33D. The maximum absolute atomic E-state index is 10.2. The molecule has 250 valence electrons. The zero-order valence-electron chi connectivity index (χ0n) is 63.4. The van der Waals surface area contributed by atoms with E-state index in [1.807, 2.05) is 0 Å². The van der Waals surface area contributed by atoms with Gasteiger partial charge in [0.25, 0.3) is 0 Å². The number of hydrogen-bond donors (Lipinski definition) is 0. The number of benzene rings is 8. The van der Waals surface area contributed by atoms with Gasteiger partial charge in [-0.15, -0.1) is 0 Å². The summed E-state index contributed by atoms with van der Waals surface area (Å²) >= 11 is 0. The third kappa shape index (κ3) is 3.92. The van der Waals surface area contributed by atoms with Gasteiger partial charge in [0.2, 0.25) is 0 Å². The number of nitrogens with zero attached hydrogens (tertiary/aromatic N) is 1. The summed E-state index contributed by atoms with van der Waals surface area (Å²) in [6.45, 7) is -8.30. The van der Waals surface area contributed by atoms with Crippen LogP contribution in [0.15, 0.2) is 187 Å². The summed E-state index contributed by atoms with van der Waals surface area (Å²) in [7, 11) is 0. The highest BCUT2D eigenvalue weighted by atomic mass is 15.2. The molecule has 3 aliphatic rings. The van der Waals surface area contributed by atoms with Gasteiger partial charge in [0.1, 0.15) is 0 Å². The minimum absolute atomic E-state index is 0.229. The molecule has 0 amide bonds. The maximum atomic E-state index is 10.2. The van der Waals surface area contributed by atoms with Gasteiger partial charge >= 0.3 is 0 Å². The van der Waals surface area contributed by atoms with Crippen molar-refractivity contribution in [3.8, 4) is 44.5 Å². The SMILES string of the molecule is [2H]c1c([2H])c([2H])c(-c2c([2H])c([2H])c([2H])c([2H])c2N(c2c([2H])c([2H])c([2H])c3c2-c2c([2H])c([2H])c([2H])c([2H])c2C32c3c([2H])c([2H])c([2H])c([2H])c3-c3c([2H])c([2H])c([2H])c([2H])c32)c2c([2H])c([2H])c([2H])c3c2-c2c([2H])c([2H])c([2H])c([2H])c2C3(C([2H])([2H])[2H])C([2H])([2H])[2H])c([2H])c1[2H]. The van der Waals surface area contributed by atoms with E-state index in [9.17, 15) is 28.8 Å². The number of rotatable bonds is 4. The molecule has 0 aromatic heterocycles. The monoisotopic (exact) mass is 713 g/mol. The molecule has 0 N–H and O–H groups in total. The van der Waals surface area contributed by atoms with Crippen LogP contribution in [0, 0.1) is 0 Å². The predicted molar refractivity (Wildman–Crippen MR) is 220 cm³/mol. The average molecular weight is 713 g/mol. The lowest BCUT2D eigenvalue weighted by Gasteiger charge is -2.33. The number of anilines is 3. The first-order chi connectivity index (χ1) is 41.5. The van der Waals surface area contributed by atoms with E-state index in [1.54, 1.807) is 0 Å². The molecular formula is C52H37N. The quantitative estimate of drug-likeness (QED) is 0.176. The van der Waals surface area contributed by atoms with Crippen molar-refractivity contribution >= 4 is 17.1 Å². The molecule has 11 rings (SSSR count). The summed E-state index contributed by atoms with van der Waals surface area (Å²) in [6, 6.07) is -39.1. The van der Waals surface area contributed by atoms with Gasteiger partial charge in [-0.25, -0.2) is 0 Å². The van der Waals surface area contributed by atoms with E-state index >= 15 is 0 Å². The van der Waals surface area contributed by atoms with Gasteiger partial charge in [-0.05, 0) is 79.3 Å². The van der Waals surface area contributed by atoms with E-state index in [0.29, 0.717) is 0 Å². The minimum atomic E-state index is -4.15. The third-order valence-electron chi connectivity index (χ3n) is 9.55. The van der Waals surface area contributed by atoms with Gasteiger partial charge in [0, 0.05) is 30.3 Å². The van der Waals surface area contributed by atoms with E-state index in [0.717, 1.165) is 0 Å². The van der Waals surface area contributed by atoms with E-state index in [2.05, 4.69) is 0 Å². The fourth-order valence-corrected chi connectivity index (χ4v) is 7.54. The Balaban J connectivity index is 1.57. The summed E-state index contributed by atoms with van der Waals surface area (Å²) < 4.78 is 346. The minimum Gasteiger partial charge on any atom is -0.309 e. The van der Waals surface area contributed by atoms with Crippen LogP contribution in [-0.2, 0) is 10.8 Å². The van der Waals surface area contributed by atoms with Crippen LogP contribution in [0.25, 0.3) is 44.5 Å². The molecule has 1 nitrogen and oxygen atoms in total. The van der Waals surface area contributed by atoms with Crippen molar-refractivity contribution in [2.24, 2.45) is 0 Å². The zero-order valence-corrected chi connectivity index (χ0v) is 26.4. The molecular weight excluding hydrogens is 639 g/mol. The highest BCUT2D eigenvalue weighted by Gasteiger charge is 2.52. The number of para-hydroxylation sites is 1. The largest absolute Gasteiger partial charge is 0.309 e. The Morgan fingerprint density at radius 2 is 0.774 bits per heavy atom. The lowest BCUT2D eigenvalue weighted by molar-refractivity contribution is 0.660. The van der Waals surface area contributed by atoms with Crippen LogP contribution in [0.5, 0.6) is 0 Å². The van der Waals surface area contributed by atoms with Gasteiger partial charge in [0.15, 0.2) is 0 Å². The second-order valence-electron chi connectivity index (χ2n) is 12.0. The first-order valence-electron chi connectivity index (χ1n) is 34.2. The fourth-order valence-electron chi connectivity index (χ4n) is 7.54. The number of fused-ring (bicyclic) bond motifs is 13. The fraction of sp³-hybridized carbons (Fsp3) is 0.0769. The van der Waals surface area contributed by atoms with Crippen molar-refractivity contribution in [1.29, 1.82) is 0 Å². The van der Waals surface area contributed by atoms with Crippen LogP contribution in [0.2, 0.25) is 0 Å². The Bertz CT molecular complexity index is 4650. The van der Waals surface area contributed by atoms with E-state index in [-0.39, 0.29) is 4.90 Å². The van der Waals surface area contributed by atoms with E-state index in [1.165, 1.54) is 0 Å². The lowest BCUT2D eigenvalue weighted by atomic mass is 9.70. The smallest absolute Gasteiger partial charge is 0.0726 e. The molecule has 0 unspecified atom stereocenters. The Morgan fingerprint density at radius 3 is 1.40 bits per heavy atom. The first kappa shape index (κ1) is 11.0. The summed E-state index contributed by atoms with van der Waals surface area (Å²) in [4.78, 5) is 0.229. The van der Waals surface area contributed by atoms with Gasteiger partial charge in [-0.3, -0.25) is 0 Å². The third-order valence-corrected chi connectivity index (χ3v) is 9.55. The van der Waals surface area contributed by atoms with Crippen LogP contribution in [0.1, 0.15) is 97.8 Å². The molecule has 1 heteroatoms. The summed E-state index contributed by atoms with van der Waals surface area (Å²) in [5, 5.41) is 0. The van der Waals surface area contributed by atoms with Crippen LogP contribution < -0.4 is 4.90 Å². The second-order valence-corrected chi connectivity index (χ2v) is 12.0. The topological polar surface area (TPSA) is 3.24 Å². The highest BCUT2D eigenvalue weighted by Crippen LogP contribution is 2.65. The molecule has 1 spiro atoms. The Morgan fingerprint density at radius 1 is 0.358 bits per heavy atom. The van der Waals surface area contributed by atoms with Crippen molar-refractivity contribution in [2.45, 2.75) is 24.5 Å². The lowest BCUT2D eigenvalue weighted by Crippen LogP contribution is -2.26. The van der Waals surface area contributed by atoms with Gasteiger partial charge in [-0.1, -0.05) is 183 Å². The Labute approximate surface area is 363 Å². The van der Waals surface area contributed by atoms with Crippen molar-refractivity contribution in [3.05, 3.63) is 221 Å². The summed E-state index contributed by atoms with van der Waals surface area (Å²) in [5.41, 5.74) is -26.5. The van der Waals surface area contributed by atoms with Crippen LogP contribution in [0.3, 0.4) is 0 Å². The molecule has 3 aliphatic carbocycles. The molecule has 8 aromatic rings. The molecule has 0 aliphatic heterocycles. The highest BCUT2D eigenvalue weighted by molar-refractivity contribution is 6.05. The summed E-state index contributed by atoms with van der Waals surface area (Å²) in [6.07, 6.45) is 0. The second kappa shape index (κ2) is 11.0. The predicted octanol–water partition coefficient (Wildman–Crippen LogP) is 13.5. The Kier molecular flexibility index (Phi) is 2.30. The average Bonchev–Trinajstić information content (AvgIpc) is 1.47. The molecule has 0 bridgehead atoms. The van der Waals surface area contributed by atoms with E-state index in [4.69, 9.17) is 21.9 Å². The molecule has 53 heavy (non-hydrogen) atoms. The van der Waals surface area contributed by atoms with Gasteiger partial charge < -0.3 is 4.90 Å². The Hall–Kier alpha value is -6.44.